The first-order valence-corrected chi connectivity index (χ1v) is 5.66. The fourth-order valence-corrected chi connectivity index (χ4v) is 1.76. The minimum absolute atomic E-state index is 0.254. The summed E-state index contributed by atoms with van der Waals surface area (Å²) in [6, 6.07) is 7.15. The number of nitrogens with one attached hydrogen (secondary N) is 2. The lowest BCUT2D eigenvalue weighted by molar-refractivity contribution is 0.350. The van der Waals surface area contributed by atoms with Crippen LogP contribution in [0.15, 0.2) is 29.4 Å². The van der Waals surface area contributed by atoms with Crippen molar-refractivity contribution in [3.63, 3.8) is 0 Å². The summed E-state index contributed by atoms with van der Waals surface area (Å²) in [6.07, 6.45) is 5.47. The first kappa shape index (κ1) is 11.0. The highest BCUT2D eigenvalue weighted by atomic mass is 16.3. The number of piperidine rings is 1. The van der Waals surface area contributed by atoms with E-state index in [2.05, 4.69) is 15.8 Å². The van der Waals surface area contributed by atoms with Gasteiger partial charge in [0, 0.05) is 5.56 Å². The molecule has 1 heterocycles. The summed E-state index contributed by atoms with van der Waals surface area (Å²) in [4.78, 5) is 0. The molecule has 0 saturated carbocycles. The maximum Gasteiger partial charge on any atom is 0.124 e. The van der Waals surface area contributed by atoms with E-state index in [1.807, 2.05) is 12.1 Å². The van der Waals surface area contributed by atoms with Gasteiger partial charge in [-0.1, -0.05) is 12.1 Å². The molecule has 1 aliphatic heterocycles. The maximum absolute atomic E-state index is 9.51. The smallest absolute Gasteiger partial charge is 0.124 e. The predicted octanol–water partition coefficient (Wildman–Crippen LogP) is 1.42. The second-order valence-corrected chi connectivity index (χ2v) is 3.95. The lowest BCUT2D eigenvalue weighted by Gasteiger charge is -2.22. The average molecular weight is 219 g/mol. The molecular formula is C12H17N3O. The molecule has 1 saturated heterocycles. The van der Waals surface area contributed by atoms with Gasteiger partial charge in [-0.05, 0) is 37.9 Å². The standard InChI is InChI=1S/C12H17N3O/c16-11-6-2-1-5-10(11)9-14-15-12-7-3-4-8-13-12/h1-2,5-6,9,12-13,15-16H,3-4,7-8H2/b14-9-. The largest absolute Gasteiger partial charge is 0.507 e. The summed E-state index contributed by atoms with van der Waals surface area (Å²) in [5.74, 6) is 0.254. The Hall–Kier alpha value is -1.55. The summed E-state index contributed by atoms with van der Waals surface area (Å²) in [5.41, 5.74) is 3.77. The normalized spacial score (nSPS) is 21.1. The third-order valence-corrected chi connectivity index (χ3v) is 2.68. The van der Waals surface area contributed by atoms with Gasteiger partial charge in [-0.25, -0.2) is 0 Å². The monoisotopic (exact) mass is 219 g/mol. The van der Waals surface area contributed by atoms with Crippen molar-refractivity contribution in [1.82, 2.24) is 10.7 Å². The van der Waals surface area contributed by atoms with Crippen molar-refractivity contribution in [2.75, 3.05) is 6.54 Å². The number of benzene rings is 1. The van der Waals surface area contributed by atoms with E-state index < -0.39 is 0 Å². The summed E-state index contributed by atoms with van der Waals surface area (Å²) < 4.78 is 0. The number of hydrogen-bond acceptors (Lipinski definition) is 4. The van der Waals surface area contributed by atoms with E-state index in [0.29, 0.717) is 0 Å². The molecule has 1 aliphatic rings. The van der Waals surface area contributed by atoms with Crippen molar-refractivity contribution < 1.29 is 5.11 Å². The van der Waals surface area contributed by atoms with Crippen LogP contribution < -0.4 is 10.7 Å². The van der Waals surface area contributed by atoms with Gasteiger partial charge in [0.25, 0.3) is 0 Å². The van der Waals surface area contributed by atoms with Crippen molar-refractivity contribution in [2.45, 2.75) is 25.4 Å². The Morgan fingerprint density at radius 1 is 1.38 bits per heavy atom. The summed E-state index contributed by atoms with van der Waals surface area (Å²) in [6.45, 7) is 1.05. The molecule has 16 heavy (non-hydrogen) atoms. The molecule has 2 rings (SSSR count). The zero-order chi connectivity index (χ0) is 11.2. The van der Waals surface area contributed by atoms with Crippen molar-refractivity contribution in [2.24, 2.45) is 5.10 Å². The van der Waals surface area contributed by atoms with E-state index in [1.165, 1.54) is 12.8 Å². The summed E-state index contributed by atoms with van der Waals surface area (Å²) in [7, 11) is 0. The molecule has 0 amide bonds. The number of phenolic OH excluding ortho intramolecular Hbond substituents is 1. The lowest BCUT2D eigenvalue weighted by Crippen LogP contribution is -2.42. The number of para-hydroxylation sites is 1. The van der Waals surface area contributed by atoms with E-state index in [1.54, 1.807) is 18.3 Å². The Bertz CT molecular complexity index is 359. The van der Waals surface area contributed by atoms with Crippen LogP contribution in [0.25, 0.3) is 0 Å². The molecule has 0 bridgehead atoms. The minimum Gasteiger partial charge on any atom is -0.507 e. The molecule has 4 nitrogen and oxygen atoms in total. The quantitative estimate of drug-likeness (QED) is 0.532. The van der Waals surface area contributed by atoms with Crippen LogP contribution >= 0.6 is 0 Å². The van der Waals surface area contributed by atoms with Gasteiger partial charge >= 0.3 is 0 Å². The number of phenols is 1. The second-order valence-electron chi connectivity index (χ2n) is 3.95. The molecule has 3 N–H and O–H groups in total. The van der Waals surface area contributed by atoms with Gasteiger partial charge in [-0.15, -0.1) is 0 Å². The Labute approximate surface area is 95.4 Å². The van der Waals surface area contributed by atoms with Crippen molar-refractivity contribution in [3.8, 4) is 5.75 Å². The first-order valence-electron chi connectivity index (χ1n) is 5.66. The number of hydrogen-bond donors (Lipinski definition) is 3. The number of rotatable bonds is 3. The molecule has 1 unspecified atom stereocenters. The highest BCUT2D eigenvalue weighted by Gasteiger charge is 2.09. The third kappa shape index (κ3) is 2.97. The van der Waals surface area contributed by atoms with Gasteiger partial charge < -0.3 is 5.11 Å². The summed E-state index contributed by atoms with van der Waals surface area (Å²) in [5, 5.41) is 17.0. The van der Waals surface area contributed by atoms with Crippen LogP contribution in [0.2, 0.25) is 0 Å². The molecule has 1 aromatic carbocycles. The molecular weight excluding hydrogens is 202 g/mol. The zero-order valence-corrected chi connectivity index (χ0v) is 9.19. The molecule has 86 valence electrons. The van der Waals surface area contributed by atoms with E-state index in [4.69, 9.17) is 0 Å². The molecule has 4 heteroatoms. The van der Waals surface area contributed by atoms with Gasteiger partial charge in [-0.3, -0.25) is 10.7 Å². The van der Waals surface area contributed by atoms with E-state index in [9.17, 15) is 5.11 Å². The Balaban J connectivity index is 1.87. The van der Waals surface area contributed by atoms with E-state index in [-0.39, 0.29) is 11.9 Å². The number of nitrogens with zero attached hydrogens (tertiary/aromatic N) is 1. The third-order valence-electron chi connectivity index (χ3n) is 2.68. The molecule has 1 fully saturated rings. The van der Waals surface area contributed by atoms with Crippen LogP contribution in [0.4, 0.5) is 0 Å². The lowest BCUT2D eigenvalue weighted by atomic mass is 10.1. The van der Waals surface area contributed by atoms with Gasteiger partial charge in [0.05, 0.1) is 12.4 Å². The van der Waals surface area contributed by atoms with Gasteiger partial charge in [0.15, 0.2) is 0 Å². The molecule has 1 atom stereocenters. The maximum atomic E-state index is 9.51. The second kappa shape index (κ2) is 5.51. The molecule has 0 spiro atoms. The van der Waals surface area contributed by atoms with Crippen molar-refractivity contribution in [1.29, 1.82) is 0 Å². The highest BCUT2D eigenvalue weighted by molar-refractivity contribution is 5.82. The van der Waals surface area contributed by atoms with E-state index >= 15 is 0 Å². The van der Waals surface area contributed by atoms with Crippen LogP contribution in [-0.2, 0) is 0 Å². The Morgan fingerprint density at radius 3 is 3.00 bits per heavy atom. The van der Waals surface area contributed by atoms with Crippen LogP contribution in [0.5, 0.6) is 5.75 Å². The van der Waals surface area contributed by atoms with Crippen LogP contribution in [0, 0.1) is 0 Å². The number of aromatic hydroxyl groups is 1. The molecule has 0 aromatic heterocycles. The fourth-order valence-electron chi connectivity index (χ4n) is 1.76. The van der Waals surface area contributed by atoms with Gasteiger partial charge in [0.1, 0.15) is 5.75 Å². The molecule has 1 aromatic rings. The Kier molecular flexibility index (Phi) is 3.77. The van der Waals surface area contributed by atoms with Crippen molar-refractivity contribution >= 4 is 6.21 Å². The SMILES string of the molecule is Oc1ccccc1/C=N\NC1CCCCN1. The topological polar surface area (TPSA) is 56.7 Å². The summed E-state index contributed by atoms with van der Waals surface area (Å²) >= 11 is 0. The first-order chi connectivity index (χ1) is 7.86. The van der Waals surface area contributed by atoms with Crippen LogP contribution in [-0.4, -0.2) is 24.0 Å². The average Bonchev–Trinajstić information content (AvgIpc) is 2.33. The fraction of sp³-hybridized carbons (Fsp3) is 0.417. The Morgan fingerprint density at radius 2 is 2.25 bits per heavy atom. The minimum atomic E-state index is 0.254. The predicted molar refractivity (Wildman–Crippen MR) is 64.5 cm³/mol. The van der Waals surface area contributed by atoms with Crippen LogP contribution in [0.3, 0.4) is 0 Å². The highest BCUT2D eigenvalue weighted by Crippen LogP contribution is 2.12. The molecule has 0 radical (unpaired) electrons. The molecule has 0 aliphatic carbocycles. The van der Waals surface area contributed by atoms with Crippen LogP contribution in [0.1, 0.15) is 24.8 Å². The van der Waals surface area contributed by atoms with Gasteiger partial charge in [0.2, 0.25) is 0 Å². The van der Waals surface area contributed by atoms with E-state index in [0.717, 1.165) is 18.5 Å². The number of hydrazone groups is 1. The zero-order valence-electron chi connectivity index (χ0n) is 9.19. The van der Waals surface area contributed by atoms with Gasteiger partial charge in [-0.2, -0.15) is 5.10 Å². The van der Waals surface area contributed by atoms with Crippen molar-refractivity contribution in [3.05, 3.63) is 29.8 Å².